The normalized spacial score (nSPS) is 13.7. The molecular weight excluding hydrogens is 264 g/mol. The van der Waals surface area contributed by atoms with Gasteiger partial charge in [-0.3, -0.25) is 9.78 Å². The average Bonchev–Trinajstić information content (AvgIpc) is 2.53. The highest BCUT2D eigenvalue weighted by atomic mass is 16.3. The van der Waals surface area contributed by atoms with Crippen LogP contribution < -0.4 is 5.32 Å². The van der Waals surface area contributed by atoms with E-state index in [4.69, 9.17) is 0 Å². The summed E-state index contributed by atoms with van der Waals surface area (Å²) in [6, 6.07) is 13.0. The van der Waals surface area contributed by atoms with E-state index in [1.165, 1.54) is 6.20 Å². The first-order valence-corrected chi connectivity index (χ1v) is 7.03. The molecule has 0 radical (unpaired) electrons. The molecule has 4 nitrogen and oxygen atoms in total. The summed E-state index contributed by atoms with van der Waals surface area (Å²) in [4.78, 5) is 16.2. The summed E-state index contributed by atoms with van der Waals surface area (Å²) in [5, 5.41) is 13.0. The van der Waals surface area contributed by atoms with Gasteiger partial charge in [-0.25, -0.2) is 0 Å². The van der Waals surface area contributed by atoms with Crippen LogP contribution in [0.15, 0.2) is 54.9 Å². The van der Waals surface area contributed by atoms with E-state index < -0.39 is 12.0 Å². The van der Waals surface area contributed by atoms with Crippen LogP contribution in [0.3, 0.4) is 0 Å². The molecule has 2 aromatic rings. The van der Waals surface area contributed by atoms with E-state index in [1.807, 2.05) is 44.2 Å². The number of pyridine rings is 1. The van der Waals surface area contributed by atoms with Crippen LogP contribution in [0.5, 0.6) is 0 Å². The fourth-order valence-electron chi connectivity index (χ4n) is 2.22. The molecule has 0 bridgehead atoms. The largest absolute Gasteiger partial charge is 0.378 e. The quantitative estimate of drug-likeness (QED) is 0.887. The van der Waals surface area contributed by atoms with Gasteiger partial charge in [-0.05, 0) is 17.5 Å². The average molecular weight is 284 g/mol. The van der Waals surface area contributed by atoms with Crippen molar-refractivity contribution in [3.05, 3.63) is 66.0 Å². The Morgan fingerprint density at radius 3 is 2.33 bits per heavy atom. The predicted molar refractivity (Wildman–Crippen MR) is 81.4 cm³/mol. The fraction of sp³-hybridized carbons (Fsp3) is 0.294. The Labute approximate surface area is 124 Å². The van der Waals surface area contributed by atoms with Gasteiger partial charge in [-0.2, -0.15) is 0 Å². The molecule has 1 amide bonds. The number of hydrogen-bond acceptors (Lipinski definition) is 3. The minimum Gasteiger partial charge on any atom is -0.378 e. The standard InChI is InChI=1S/C17H20N2O2/c1-12(2)15(13-7-4-3-5-8-13)19-17(21)16(20)14-9-6-10-18-11-14/h3-12,15-16,20H,1-2H3,(H,19,21)/t15-,16-/m1/s1. The van der Waals surface area contributed by atoms with Crippen LogP contribution in [0, 0.1) is 5.92 Å². The summed E-state index contributed by atoms with van der Waals surface area (Å²) in [6.07, 6.45) is 1.90. The molecule has 0 saturated heterocycles. The molecule has 1 aromatic heterocycles. The van der Waals surface area contributed by atoms with Gasteiger partial charge in [0.2, 0.25) is 0 Å². The minimum atomic E-state index is -1.20. The molecular formula is C17H20N2O2. The van der Waals surface area contributed by atoms with E-state index in [2.05, 4.69) is 10.3 Å². The molecule has 0 aliphatic carbocycles. The second kappa shape index (κ2) is 6.99. The first kappa shape index (κ1) is 15.2. The third kappa shape index (κ3) is 3.89. The van der Waals surface area contributed by atoms with Crippen molar-refractivity contribution >= 4 is 5.91 Å². The highest BCUT2D eigenvalue weighted by Crippen LogP contribution is 2.22. The Bertz CT molecular complexity index is 570. The van der Waals surface area contributed by atoms with Crippen LogP contribution in [-0.4, -0.2) is 16.0 Å². The summed E-state index contributed by atoms with van der Waals surface area (Å²) in [6.45, 7) is 4.07. The monoisotopic (exact) mass is 284 g/mol. The number of nitrogens with zero attached hydrogens (tertiary/aromatic N) is 1. The number of hydrogen-bond donors (Lipinski definition) is 2. The summed E-state index contributed by atoms with van der Waals surface area (Å²) < 4.78 is 0. The Morgan fingerprint density at radius 1 is 1.10 bits per heavy atom. The van der Waals surface area contributed by atoms with Crippen molar-refractivity contribution in [2.45, 2.75) is 26.0 Å². The number of aliphatic hydroxyl groups is 1. The van der Waals surface area contributed by atoms with Crippen LogP contribution in [0.2, 0.25) is 0 Å². The van der Waals surface area contributed by atoms with Crippen molar-refractivity contribution < 1.29 is 9.90 Å². The molecule has 2 atom stereocenters. The Morgan fingerprint density at radius 2 is 1.76 bits per heavy atom. The van der Waals surface area contributed by atoms with Crippen LogP contribution >= 0.6 is 0 Å². The van der Waals surface area contributed by atoms with Crippen LogP contribution in [0.25, 0.3) is 0 Å². The second-order valence-corrected chi connectivity index (χ2v) is 5.33. The zero-order valence-electron chi connectivity index (χ0n) is 12.2. The van der Waals surface area contributed by atoms with Gasteiger partial charge in [0.1, 0.15) is 0 Å². The molecule has 0 unspecified atom stereocenters. The van der Waals surface area contributed by atoms with E-state index >= 15 is 0 Å². The van der Waals surface area contributed by atoms with Crippen molar-refractivity contribution in [1.82, 2.24) is 10.3 Å². The molecule has 0 spiro atoms. The smallest absolute Gasteiger partial charge is 0.254 e. The molecule has 0 saturated carbocycles. The van der Waals surface area contributed by atoms with E-state index in [0.717, 1.165) is 5.56 Å². The molecule has 2 N–H and O–H groups in total. The Balaban J connectivity index is 2.12. The number of benzene rings is 1. The molecule has 0 aliphatic heterocycles. The lowest BCUT2D eigenvalue weighted by Gasteiger charge is -2.24. The molecule has 110 valence electrons. The summed E-state index contributed by atoms with van der Waals surface area (Å²) in [5.74, 6) is -0.192. The Hall–Kier alpha value is -2.20. The number of nitrogens with one attached hydrogen (secondary N) is 1. The number of amides is 1. The number of rotatable bonds is 5. The summed E-state index contributed by atoms with van der Waals surface area (Å²) in [7, 11) is 0. The minimum absolute atomic E-state index is 0.134. The van der Waals surface area contributed by atoms with E-state index in [0.29, 0.717) is 5.56 Å². The highest BCUT2D eigenvalue weighted by Gasteiger charge is 2.23. The number of carbonyl (C=O) groups is 1. The maximum atomic E-state index is 12.2. The molecule has 1 heterocycles. The first-order valence-electron chi connectivity index (χ1n) is 7.03. The van der Waals surface area contributed by atoms with Crippen LogP contribution in [-0.2, 0) is 4.79 Å². The van der Waals surface area contributed by atoms with Crippen LogP contribution in [0.1, 0.15) is 37.1 Å². The predicted octanol–water partition coefficient (Wildman–Crippen LogP) is 2.63. The van der Waals surface area contributed by atoms with E-state index in [-0.39, 0.29) is 12.0 Å². The summed E-state index contributed by atoms with van der Waals surface area (Å²) >= 11 is 0. The van der Waals surface area contributed by atoms with Gasteiger partial charge in [-0.1, -0.05) is 50.2 Å². The fourth-order valence-corrected chi connectivity index (χ4v) is 2.22. The zero-order chi connectivity index (χ0) is 15.2. The summed E-state index contributed by atoms with van der Waals surface area (Å²) in [5.41, 5.74) is 1.52. The van der Waals surface area contributed by atoms with Gasteiger partial charge in [0.15, 0.2) is 6.10 Å². The van der Waals surface area contributed by atoms with E-state index in [9.17, 15) is 9.90 Å². The lowest BCUT2D eigenvalue weighted by molar-refractivity contribution is -0.130. The number of carbonyl (C=O) groups excluding carboxylic acids is 1. The zero-order valence-corrected chi connectivity index (χ0v) is 12.2. The SMILES string of the molecule is CC(C)[C@@H](NC(=O)[C@H](O)c1cccnc1)c1ccccc1. The molecule has 0 fully saturated rings. The lowest BCUT2D eigenvalue weighted by atomic mass is 9.95. The first-order chi connectivity index (χ1) is 10.1. The van der Waals surface area contributed by atoms with Gasteiger partial charge in [-0.15, -0.1) is 0 Å². The van der Waals surface area contributed by atoms with Gasteiger partial charge in [0.05, 0.1) is 6.04 Å². The third-order valence-electron chi connectivity index (χ3n) is 3.37. The van der Waals surface area contributed by atoms with E-state index in [1.54, 1.807) is 18.3 Å². The van der Waals surface area contributed by atoms with Crippen molar-refractivity contribution in [3.8, 4) is 0 Å². The second-order valence-electron chi connectivity index (χ2n) is 5.33. The molecule has 4 heteroatoms. The molecule has 2 rings (SSSR count). The maximum absolute atomic E-state index is 12.2. The lowest BCUT2D eigenvalue weighted by Crippen LogP contribution is -2.35. The van der Waals surface area contributed by atoms with Crippen molar-refractivity contribution in [2.75, 3.05) is 0 Å². The van der Waals surface area contributed by atoms with Crippen molar-refractivity contribution in [3.63, 3.8) is 0 Å². The van der Waals surface area contributed by atoms with Gasteiger partial charge >= 0.3 is 0 Å². The van der Waals surface area contributed by atoms with Gasteiger partial charge < -0.3 is 10.4 Å². The molecule has 21 heavy (non-hydrogen) atoms. The molecule has 0 aliphatic rings. The van der Waals surface area contributed by atoms with Gasteiger partial charge in [0.25, 0.3) is 5.91 Å². The highest BCUT2D eigenvalue weighted by molar-refractivity contribution is 5.82. The van der Waals surface area contributed by atoms with Crippen molar-refractivity contribution in [2.24, 2.45) is 5.92 Å². The Kier molecular flexibility index (Phi) is 5.06. The number of aliphatic hydroxyl groups excluding tert-OH is 1. The maximum Gasteiger partial charge on any atom is 0.254 e. The van der Waals surface area contributed by atoms with Crippen LogP contribution in [0.4, 0.5) is 0 Å². The van der Waals surface area contributed by atoms with Crippen molar-refractivity contribution in [1.29, 1.82) is 0 Å². The molecule has 1 aromatic carbocycles. The topological polar surface area (TPSA) is 62.2 Å². The third-order valence-corrected chi connectivity index (χ3v) is 3.37. The van der Waals surface area contributed by atoms with Gasteiger partial charge in [0, 0.05) is 18.0 Å². The number of aromatic nitrogens is 1.